The molecule has 4 rings (SSSR count). The minimum Gasteiger partial charge on any atom is -0.495 e. The molecule has 200 valence electrons. The van der Waals surface area contributed by atoms with Crippen molar-refractivity contribution in [2.75, 3.05) is 45.6 Å². The van der Waals surface area contributed by atoms with Crippen LogP contribution in [0.3, 0.4) is 0 Å². The zero-order chi connectivity index (χ0) is 26.9. The normalized spacial score (nSPS) is 18.0. The lowest BCUT2D eigenvalue weighted by Gasteiger charge is -2.39. The first-order valence-corrected chi connectivity index (χ1v) is 12.6. The number of ether oxygens (including phenoxy) is 1. The van der Waals surface area contributed by atoms with Gasteiger partial charge in [-0.15, -0.1) is 0 Å². The van der Waals surface area contributed by atoms with Crippen molar-refractivity contribution >= 4 is 35.4 Å². The highest BCUT2D eigenvalue weighted by molar-refractivity contribution is 6.32. The zero-order valence-electron chi connectivity index (χ0n) is 21.2. The Kier molecular flexibility index (Phi) is 10.2. The van der Waals surface area contributed by atoms with Gasteiger partial charge in [0.2, 0.25) is 5.91 Å². The van der Waals surface area contributed by atoms with Crippen molar-refractivity contribution in [2.24, 2.45) is 0 Å². The number of piperazine rings is 1. The number of carbonyl (C=O) groups excluding carboxylic acids is 1. The molecule has 0 radical (unpaired) electrons. The first kappa shape index (κ1) is 28.3. The summed E-state index contributed by atoms with van der Waals surface area (Å²) in [5.41, 5.74) is 8.22. The van der Waals surface area contributed by atoms with Crippen molar-refractivity contribution in [3.63, 3.8) is 0 Å². The number of carboxylic acid groups (broad SMARTS) is 1. The number of hydrogen-bond donors (Lipinski definition) is 2. The van der Waals surface area contributed by atoms with Gasteiger partial charge in [0.05, 0.1) is 12.1 Å². The number of halogens is 2. The first-order chi connectivity index (χ1) is 17.7. The van der Waals surface area contributed by atoms with Gasteiger partial charge >= 0.3 is 6.09 Å². The average Bonchev–Trinajstić information content (AvgIpc) is 3.41. The molecule has 2 fully saturated rings. The summed E-state index contributed by atoms with van der Waals surface area (Å²) < 4.78 is 18.3. The van der Waals surface area contributed by atoms with E-state index in [0.29, 0.717) is 28.6 Å². The molecule has 2 aliphatic rings. The second kappa shape index (κ2) is 13.3. The van der Waals surface area contributed by atoms with Gasteiger partial charge in [-0.25, -0.2) is 9.18 Å². The van der Waals surface area contributed by atoms with Crippen LogP contribution in [0.25, 0.3) is 6.08 Å². The summed E-state index contributed by atoms with van der Waals surface area (Å²) in [7, 11) is 1.53. The van der Waals surface area contributed by atoms with E-state index in [2.05, 4.69) is 4.90 Å². The first-order valence-electron chi connectivity index (χ1n) is 12.2. The Morgan fingerprint density at radius 2 is 1.84 bits per heavy atom. The van der Waals surface area contributed by atoms with Crippen LogP contribution in [0.2, 0.25) is 5.02 Å². The van der Waals surface area contributed by atoms with Gasteiger partial charge in [0.15, 0.2) is 0 Å². The number of rotatable bonds is 5. The molecule has 2 aromatic carbocycles. The molecule has 0 spiro atoms. The van der Waals surface area contributed by atoms with Gasteiger partial charge in [-0.1, -0.05) is 23.7 Å². The molecule has 0 saturated carbocycles. The van der Waals surface area contributed by atoms with Crippen molar-refractivity contribution in [1.82, 2.24) is 14.7 Å². The molecule has 0 aromatic heterocycles. The number of anilines is 1. The van der Waals surface area contributed by atoms with Crippen molar-refractivity contribution in [3.8, 4) is 5.75 Å². The summed E-state index contributed by atoms with van der Waals surface area (Å²) in [5, 5.41) is 8.77. The molecule has 2 heterocycles. The standard InChI is InChI=1S/C22H25ClFN3O2.C5H9NO2/c1-15-13-26(14-16-3-6-18(24)7-4-16)9-10-27(15)22(28)8-5-17-11-21(29-2)19(23)12-20(17)25;7-5(8)6-3-1-2-4-6/h3-8,11-12,15H,9-10,13-14,25H2,1-2H3;1-4H2,(H,7,8)/b8-5+;/t15-;/m1./s1. The summed E-state index contributed by atoms with van der Waals surface area (Å²) in [6.45, 7) is 6.38. The summed E-state index contributed by atoms with van der Waals surface area (Å²) in [6, 6.07) is 9.93. The van der Waals surface area contributed by atoms with E-state index >= 15 is 0 Å². The van der Waals surface area contributed by atoms with E-state index in [1.807, 2.05) is 11.8 Å². The number of carbonyl (C=O) groups is 2. The van der Waals surface area contributed by atoms with Gasteiger partial charge in [0.25, 0.3) is 0 Å². The maximum Gasteiger partial charge on any atom is 0.407 e. The summed E-state index contributed by atoms with van der Waals surface area (Å²) in [6.07, 6.45) is 4.51. The third-order valence-corrected chi connectivity index (χ3v) is 6.75. The lowest BCUT2D eigenvalue weighted by atomic mass is 10.1. The van der Waals surface area contributed by atoms with Crippen LogP contribution in [0.1, 0.15) is 30.9 Å². The van der Waals surface area contributed by atoms with E-state index in [1.165, 1.54) is 30.2 Å². The Hall–Kier alpha value is -3.30. The summed E-state index contributed by atoms with van der Waals surface area (Å²) in [5.74, 6) is 0.214. The van der Waals surface area contributed by atoms with Crippen LogP contribution < -0.4 is 10.5 Å². The number of methoxy groups -OCH3 is 1. The third kappa shape index (κ3) is 8.10. The predicted octanol–water partition coefficient (Wildman–Crippen LogP) is 4.58. The van der Waals surface area contributed by atoms with Crippen LogP contribution in [-0.2, 0) is 11.3 Å². The van der Waals surface area contributed by atoms with Crippen LogP contribution >= 0.6 is 11.6 Å². The molecular weight excluding hydrogens is 499 g/mol. The van der Waals surface area contributed by atoms with Gasteiger partial charge < -0.3 is 25.4 Å². The molecule has 3 N–H and O–H groups in total. The minimum atomic E-state index is -0.775. The largest absolute Gasteiger partial charge is 0.495 e. The molecule has 0 bridgehead atoms. The molecule has 2 saturated heterocycles. The van der Waals surface area contributed by atoms with Crippen molar-refractivity contribution in [1.29, 1.82) is 0 Å². The Morgan fingerprint density at radius 1 is 1.16 bits per heavy atom. The molecule has 2 aromatic rings. The molecule has 1 atom stereocenters. The van der Waals surface area contributed by atoms with E-state index in [0.717, 1.165) is 51.1 Å². The fourth-order valence-corrected chi connectivity index (χ4v) is 4.65. The number of nitrogen functional groups attached to an aromatic ring is 1. The number of amides is 2. The Morgan fingerprint density at radius 3 is 2.41 bits per heavy atom. The Balaban J connectivity index is 0.000000405. The smallest absolute Gasteiger partial charge is 0.407 e. The summed E-state index contributed by atoms with van der Waals surface area (Å²) >= 11 is 6.06. The molecular formula is C27H34ClFN4O4. The van der Waals surface area contributed by atoms with Crippen LogP contribution in [0.4, 0.5) is 14.9 Å². The lowest BCUT2D eigenvalue weighted by Crippen LogP contribution is -2.53. The Labute approximate surface area is 222 Å². The van der Waals surface area contributed by atoms with Crippen LogP contribution in [-0.4, -0.2) is 77.7 Å². The number of benzene rings is 2. The quantitative estimate of drug-likeness (QED) is 0.432. The monoisotopic (exact) mass is 532 g/mol. The fraction of sp³-hybridized carbons (Fsp3) is 0.407. The predicted molar refractivity (Wildman–Crippen MR) is 143 cm³/mol. The van der Waals surface area contributed by atoms with Crippen LogP contribution in [0, 0.1) is 5.82 Å². The lowest BCUT2D eigenvalue weighted by molar-refractivity contribution is -0.130. The van der Waals surface area contributed by atoms with Gasteiger partial charge in [0, 0.05) is 62.6 Å². The molecule has 10 heteroatoms. The third-order valence-electron chi connectivity index (χ3n) is 6.45. The molecule has 8 nitrogen and oxygen atoms in total. The molecule has 37 heavy (non-hydrogen) atoms. The van der Waals surface area contributed by atoms with E-state index in [1.54, 1.807) is 30.3 Å². The number of likely N-dealkylation sites (tertiary alicyclic amines) is 1. The van der Waals surface area contributed by atoms with Crippen molar-refractivity contribution in [2.45, 2.75) is 32.4 Å². The molecule has 2 amide bonds. The van der Waals surface area contributed by atoms with Gasteiger partial charge in [-0.2, -0.15) is 0 Å². The van der Waals surface area contributed by atoms with Gasteiger partial charge in [-0.05, 0) is 55.7 Å². The fourth-order valence-electron chi connectivity index (χ4n) is 4.40. The highest BCUT2D eigenvalue weighted by Gasteiger charge is 2.26. The number of hydrogen-bond acceptors (Lipinski definition) is 5. The second-order valence-corrected chi connectivity index (χ2v) is 9.58. The van der Waals surface area contributed by atoms with Crippen LogP contribution in [0.15, 0.2) is 42.5 Å². The highest BCUT2D eigenvalue weighted by Crippen LogP contribution is 2.30. The minimum absolute atomic E-state index is 0.0627. The number of nitrogens with zero attached hydrogens (tertiary/aromatic N) is 3. The Bertz CT molecular complexity index is 1110. The van der Waals surface area contributed by atoms with Gasteiger partial charge in [-0.3, -0.25) is 9.69 Å². The van der Waals surface area contributed by atoms with Crippen molar-refractivity contribution < 1.29 is 23.8 Å². The van der Waals surface area contributed by atoms with E-state index in [-0.39, 0.29) is 17.8 Å². The maximum absolute atomic E-state index is 13.1. The topological polar surface area (TPSA) is 99.3 Å². The zero-order valence-corrected chi connectivity index (χ0v) is 22.0. The highest BCUT2D eigenvalue weighted by atomic mass is 35.5. The van der Waals surface area contributed by atoms with Gasteiger partial charge in [0.1, 0.15) is 11.6 Å². The summed E-state index contributed by atoms with van der Waals surface area (Å²) in [4.78, 5) is 28.4. The maximum atomic E-state index is 13.1. The molecule has 0 aliphatic carbocycles. The van der Waals surface area contributed by atoms with Crippen LogP contribution in [0.5, 0.6) is 5.75 Å². The second-order valence-electron chi connectivity index (χ2n) is 9.17. The SMILES string of the molecule is COc1cc(/C=C/C(=O)N2CCN(Cc3ccc(F)cc3)C[C@H]2C)c(N)cc1Cl.O=C(O)N1CCCC1. The van der Waals surface area contributed by atoms with E-state index in [9.17, 15) is 14.0 Å². The molecule has 2 aliphatic heterocycles. The molecule has 0 unspecified atom stereocenters. The average molecular weight is 533 g/mol. The van der Waals surface area contributed by atoms with Crippen molar-refractivity contribution in [3.05, 3.63) is 64.4 Å². The van der Waals surface area contributed by atoms with E-state index in [4.69, 9.17) is 27.2 Å². The van der Waals surface area contributed by atoms with E-state index < -0.39 is 6.09 Å². The number of nitrogens with two attached hydrogens (primary N) is 1.